The highest BCUT2D eigenvalue weighted by atomic mass is 15.2. The van der Waals surface area contributed by atoms with E-state index < -0.39 is 0 Å². The van der Waals surface area contributed by atoms with Crippen molar-refractivity contribution in [1.29, 1.82) is 0 Å². The molecule has 0 amide bonds. The molecule has 1 fully saturated rings. The minimum atomic E-state index is 0.623. The number of aryl methyl sites for hydroxylation is 1. The Kier molecular flexibility index (Phi) is 5.42. The van der Waals surface area contributed by atoms with Crippen molar-refractivity contribution in [3.63, 3.8) is 0 Å². The minimum absolute atomic E-state index is 0.623. The fourth-order valence-corrected chi connectivity index (χ4v) is 3.69. The minimum Gasteiger partial charge on any atom is -0.372 e. The second kappa shape index (κ2) is 8.30. The summed E-state index contributed by atoms with van der Waals surface area (Å²) in [6.45, 7) is 7.29. The standard InChI is InChI=1S/C23H27N5/c1-3-28(21-9-5-4-6-10-21)22-17-18(2)24-23(26-22)25-19-11-13-20(14-12-19)27-15-7-8-16-27/h4-6,9-14,17H,3,7-8,15-16H2,1-2H3,(H,24,25,26). The van der Waals surface area contributed by atoms with Crippen LogP contribution in [0.15, 0.2) is 60.7 Å². The van der Waals surface area contributed by atoms with Crippen LogP contribution in [0.1, 0.15) is 25.5 Å². The lowest BCUT2D eigenvalue weighted by Gasteiger charge is -2.23. The number of hydrogen-bond acceptors (Lipinski definition) is 5. The third kappa shape index (κ3) is 4.09. The van der Waals surface area contributed by atoms with Gasteiger partial charge in [0.15, 0.2) is 0 Å². The number of anilines is 5. The molecule has 0 spiro atoms. The SMILES string of the molecule is CCN(c1ccccc1)c1cc(C)nc(Nc2ccc(N3CCCC3)cc2)n1. The van der Waals surface area contributed by atoms with Gasteiger partial charge in [0.05, 0.1) is 0 Å². The van der Waals surface area contributed by atoms with Gasteiger partial charge in [0.1, 0.15) is 5.82 Å². The van der Waals surface area contributed by atoms with Gasteiger partial charge < -0.3 is 15.1 Å². The molecule has 4 rings (SSSR count). The third-order valence-electron chi connectivity index (χ3n) is 5.10. The van der Waals surface area contributed by atoms with Crippen LogP contribution in [0.5, 0.6) is 0 Å². The third-order valence-corrected chi connectivity index (χ3v) is 5.10. The van der Waals surface area contributed by atoms with E-state index in [0.717, 1.165) is 42.5 Å². The number of aromatic nitrogens is 2. The number of nitrogens with zero attached hydrogens (tertiary/aromatic N) is 4. The Morgan fingerprint density at radius 2 is 1.68 bits per heavy atom. The summed E-state index contributed by atoms with van der Waals surface area (Å²) < 4.78 is 0. The molecule has 28 heavy (non-hydrogen) atoms. The first-order valence-corrected chi connectivity index (χ1v) is 10.0. The van der Waals surface area contributed by atoms with Crippen molar-refractivity contribution >= 4 is 28.8 Å². The molecule has 0 radical (unpaired) electrons. The monoisotopic (exact) mass is 373 g/mol. The first-order chi connectivity index (χ1) is 13.7. The van der Waals surface area contributed by atoms with E-state index in [2.05, 4.69) is 63.4 Å². The van der Waals surface area contributed by atoms with E-state index in [1.54, 1.807) is 0 Å². The second-order valence-electron chi connectivity index (χ2n) is 7.14. The molecule has 144 valence electrons. The van der Waals surface area contributed by atoms with Crippen LogP contribution in [0.2, 0.25) is 0 Å². The average molecular weight is 374 g/mol. The van der Waals surface area contributed by atoms with Crippen molar-refractivity contribution < 1.29 is 0 Å². The summed E-state index contributed by atoms with van der Waals surface area (Å²) in [5.74, 6) is 1.52. The van der Waals surface area contributed by atoms with Gasteiger partial charge in [0, 0.05) is 48.5 Å². The van der Waals surface area contributed by atoms with Gasteiger partial charge in [-0.1, -0.05) is 18.2 Å². The Morgan fingerprint density at radius 3 is 2.36 bits per heavy atom. The Morgan fingerprint density at radius 1 is 0.964 bits per heavy atom. The molecule has 2 aromatic carbocycles. The molecule has 5 heteroatoms. The van der Waals surface area contributed by atoms with Gasteiger partial charge in [-0.3, -0.25) is 0 Å². The molecule has 1 aromatic heterocycles. The number of nitrogens with one attached hydrogen (secondary N) is 1. The maximum Gasteiger partial charge on any atom is 0.229 e. The Hall–Kier alpha value is -3.08. The summed E-state index contributed by atoms with van der Waals surface area (Å²) in [6, 6.07) is 20.9. The molecule has 0 aliphatic carbocycles. The van der Waals surface area contributed by atoms with E-state index in [0.29, 0.717) is 5.95 Å². The topological polar surface area (TPSA) is 44.3 Å². The van der Waals surface area contributed by atoms with E-state index in [4.69, 9.17) is 4.98 Å². The zero-order valence-corrected chi connectivity index (χ0v) is 16.6. The number of hydrogen-bond donors (Lipinski definition) is 1. The molecule has 0 unspecified atom stereocenters. The molecule has 1 saturated heterocycles. The lowest BCUT2D eigenvalue weighted by atomic mass is 10.2. The van der Waals surface area contributed by atoms with E-state index in [1.807, 2.05) is 31.2 Å². The van der Waals surface area contributed by atoms with Crippen LogP contribution in [-0.2, 0) is 0 Å². The highest BCUT2D eigenvalue weighted by molar-refractivity contribution is 5.64. The molecule has 2 heterocycles. The maximum absolute atomic E-state index is 4.77. The summed E-state index contributed by atoms with van der Waals surface area (Å²) in [5, 5.41) is 3.37. The molecule has 0 bridgehead atoms. The Balaban J connectivity index is 1.55. The lowest BCUT2D eigenvalue weighted by Crippen LogP contribution is -2.18. The summed E-state index contributed by atoms with van der Waals surface area (Å²) in [5.41, 5.74) is 4.36. The Bertz CT molecular complexity index is 902. The zero-order chi connectivity index (χ0) is 19.3. The summed E-state index contributed by atoms with van der Waals surface area (Å²) in [4.78, 5) is 14.0. The number of rotatable bonds is 6. The van der Waals surface area contributed by atoms with Crippen molar-refractivity contribution in [1.82, 2.24) is 9.97 Å². The van der Waals surface area contributed by atoms with Crippen molar-refractivity contribution in [3.8, 4) is 0 Å². The molecule has 1 N–H and O–H groups in total. The highest BCUT2D eigenvalue weighted by Crippen LogP contribution is 2.26. The molecule has 5 nitrogen and oxygen atoms in total. The van der Waals surface area contributed by atoms with Gasteiger partial charge in [0.25, 0.3) is 0 Å². The predicted molar refractivity (Wildman–Crippen MR) is 117 cm³/mol. The van der Waals surface area contributed by atoms with Crippen LogP contribution in [0.4, 0.5) is 28.8 Å². The Labute approximate surface area is 167 Å². The smallest absolute Gasteiger partial charge is 0.229 e. The molecule has 0 atom stereocenters. The van der Waals surface area contributed by atoms with E-state index in [-0.39, 0.29) is 0 Å². The van der Waals surface area contributed by atoms with Gasteiger partial charge in [-0.25, -0.2) is 4.98 Å². The van der Waals surface area contributed by atoms with E-state index in [1.165, 1.54) is 18.5 Å². The molecular formula is C23H27N5. The van der Waals surface area contributed by atoms with Gasteiger partial charge in [-0.05, 0) is 63.1 Å². The maximum atomic E-state index is 4.77. The van der Waals surface area contributed by atoms with Crippen LogP contribution in [0, 0.1) is 6.92 Å². The van der Waals surface area contributed by atoms with Crippen LogP contribution >= 0.6 is 0 Å². The number of benzene rings is 2. The predicted octanol–water partition coefficient (Wildman–Crippen LogP) is 5.29. The summed E-state index contributed by atoms with van der Waals surface area (Å²) in [7, 11) is 0. The van der Waals surface area contributed by atoms with Crippen LogP contribution in [0.3, 0.4) is 0 Å². The molecule has 1 aliphatic heterocycles. The first-order valence-electron chi connectivity index (χ1n) is 10.0. The quantitative estimate of drug-likeness (QED) is 0.636. The van der Waals surface area contributed by atoms with Crippen molar-refractivity contribution in [2.75, 3.05) is 34.8 Å². The molecule has 3 aromatic rings. The summed E-state index contributed by atoms with van der Waals surface area (Å²) in [6.07, 6.45) is 2.57. The lowest BCUT2D eigenvalue weighted by molar-refractivity contribution is 0.949. The first kappa shape index (κ1) is 18.3. The van der Waals surface area contributed by atoms with Crippen molar-refractivity contribution in [2.24, 2.45) is 0 Å². The molecule has 0 saturated carbocycles. The number of para-hydroxylation sites is 1. The van der Waals surface area contributed by atoms with Crippen LogP contribution in [0.25, 0.3) is 0 Å². The van der Waals surface area contributed by atoms with Crippen LogP contribution in [-0.4, -0.2) is 29.6 Å². The van der Waals surface area contributed by atoms with Gasteiger partial charge in [-0.15, -0.1) is 0 Å². The van der Waals surface area contributed by atoms with Crippen LogP contribution < -0.4 is 15.1 Å². The van der Waals surface area contributed by atoms with Gasteiger partial charge >= 0.3 is 0 Å². The van der Waals surface area contributed by atoms with E-state index in [9.17, 15) is 0 Å². The summed E-state index contributed by atoms with van der Waals surface area (Å²) >= 11 is 0. The van der Waals surface area contributed by atoms with Gasteiger partial charge in [0.2, 0.25) is 5.95 Å². The normalized spacial score (nSPS) is 13.6. The molecular weight excluding hydrogens is 346 g/mol. The van der Waals surface area contributed by atoms with Gasteiger partial charge in [-0.2, -0.15) is 4.98 Å². The molecule has 1 aliphatic rings. The largest absolute Gasteiger partial charge is 0.372 e. The fourth-order valence-electron chi connectivity index (χ4n) is 3.69. The second-order valence-corrected chi connectivity index (χ2v) is 7.14. The highest BCUT2D eigenvalue weighted by Gasteiger charge is 2.13. The average Bonchev–Trinajstić information content (AvgIpc) is 3.24. The zero-order valence-electron chi connectivity index (χ0n) is 16.6. The van der Waals surface area contributed by atoms with Crippen molar-refractivity contribution in [2.45, 2.75) is 26.7 Å². The fraction of sp³-hybridized carbons (Fsp3) is 0.304. The van der Waals surface area contributed by atoms with Crippen molar-refractivity contribution in [3.05, 3.63) is 66.4 Å². The van der Waals surface area contributed by atoms with E-state index >= 15 is 0 Å².